The molecule has 0 saturated heterocycles. The number of nitrogens with one attached hydrogen (secondary N) is 1. The van der Waals surface area contributed by atoms with E-state index in [4.69, 9.17) is 11.0 Å². The molecular formula is C12H8Br2N4. The van der Waals surface area contributed by atoms with E-state index >= 15 is 0 Å². The summed E-state index contributed by atoms with van der Waals surface area (Å²) in [7, 11) is 0. The Balaban J connectivity index is 2.40. The third kappa shape index (κ3) is 2.81. The maximum absolute atomic E-state index is 9.04. The highest BCUT2D eigenvalue weighted by Gasteiger charge is 2.07. The molecule has 0 unspecified atom stereocenters. The number of benzene rings is 1. The number of halogens is 2. The van der Waals surface area contributed by atoms with Gasteiger partial charge in [0.2, 0.25) is 0 Å². The van der Waals surface area contributed by atoms with E-state index in [1.807, 2.05) is 12.1 Å². The van der Waals surface area contributed by atoms with Gasteiger partial charge in [0, 0.05) is 4.47 Å². The predicted molar refractivity (Wildman–Crippen MR) is 78.5 cm³/mol. The lowest BCUT2D eigenvalue weighted by molar-refractivity contribution is 1.29. The average Bonchev–Trinajstić information content (AvgIpc) is 2.33. The largest absolute Gasteiger partial charge is 0.397 e. The van der Waals surface area contributed by atoms with Crippen molar-refractivity contribution in [3.8, 4) is 6.07 Å². The van der Waals surface area contributed by atoms with Gasteiger partial charge in [-0.05, 0) is 40.2 Å². The van der Waals surface area contributed by atoms with E-state index in [2.05, 4.69) is 48.2 Å². The number of nitrogen functional groups attached to an aromatic ring is 1. The van der Waals surface area contributed by atoms with Gasteiger partial charge in [-0.1, -0.05) is 15.9 Å². The van der Waals surface area contributed by atoms with Crippen LogP contribution in [-0.2, 0) is 0 Å². The molecule has 1 aromatic heterocycles. The average molecular weight is 368 g/mol. The summed E-state index contributed by atoms with van der Waals surface area (Å²) in [5.41, 5.74) is 7.42. The van der Waals surface area contributed by atoms with Crippen LogP contribution in [0.3, 0.4) is 0 Å². The molecule has 90 valence electrons. The molecule has 1 heterocycles. The fourth-order valence-electron chi connectivity index (χ4n) is 1.39. The second kappa shape index (κ2) is 5.38. The van der Waals surface area contributed by atoms with Crippen LogP contribution in [0.4, 0.5) is 17.2 Å². The van der Waals surface area contributed by atoms with Crippen molar-refractivity contribution in [3.05, 3.63) is 45.0 Å². The van der Waals surface area contributed by atoms with E-state index in [0.29, 0.717) is 22.8 Å². The van der Waals surface area contributed by atoms with Crippen molar-refractivity contribution in [2.75, 3.05) is 11.1 Å². The Hall–Kier alpha value is -1.58. The summed E-state index contributed by atoms with van der Waals surface area (Å²) in [6.07, 6.45) is 1.55. The molecule has 0 fully saturated rings. The number of aromatic nitrogens is 1. The highest BCUT2D eigenvalue weighted by atomic mass is 79.9. The van der Waals surface area contributed by atoms with Crippen molar-refractivity contribution >= 4 is 49.1 Å². The van der Waals surface area contributed by atoms with Crippen LogP contribution in [0, 0.1) is 11.3 Å². The Kier molecular flexibility index (Phi) is 3.84. The number of rotatable bonds is 2. The van der Waals surface area contributed by atoms with Gasteiger partial charge >= 0.3 is 0 Å². The maximum Gasteiger partial charge on any atom is 0.144 e. The molecule has 1 aromatic carbocycles. The molecule has 2 aromatic rings. The Morgan fingerprint density at radius 1 is 1.28 bits per heavy atom. The number of anilines is 3. The Morgan fingerprint density at radius 2 is 2.06 bits per heavy atom. The SMILES string of the molecule is N#Cc1ccc(Br)cc1Nc1ncc(N)cc1Br. The van der Waals surface area contributed by atoms with Crippen molar-refractivity contribution < 1.29 is 0 Å². The first-order valence-corrected chi connectivity index (χ1v) is 6.56. The van der Waals surface area contributed by atoms with Gasteiger partial charge in [-0.25, -0.2) is 4.98 Å². The van der Waals surface area contributed by atoms with E-state index in [1.54, 1.807) is 18.3 Å². The van der Waals surface area contributed by atoms with Gasteiger partial charge in [0.25, 0.3) is 0 Å². The summed E-state index contributed by atoms with van der Waals surface area (Å²) < 4.78 is 1.63. The van der Waals surface area contributed by atoms with E-state index < -0.39 is 0 Å². The van der Waals surface area contributed by atoms with E-state index in [0.717, 1.165) is 8.95 Å². The standard InChI is InChI=1S/C12H8Br2N4/c13-8-2-1-7(5-15)11(3-8)18-12-10(14)4-9(16)6-17-12/h1-4,6H,16H2,(H,17,18). The van der Waals surface area contributed by atoms with Gasteiger partial charge in [0.05, 0.1) is 27.6 Å². The van der Waals surface area contributed by atoms with Gasteiger partial charge in [-0.3, -0.25) is 0 Å². The normalized spacial score (nSPS) is 9.83. The molecule has 0 radical (unpaired) electrons. The van der Waals surface area contributed by atoms with Crippen molar-refractivity contribution in [1.82, 2.24) is 4.98 Å². The summed E-state index contributed by atoms with van der Waals surface area (Å²) in [5.74, 6) is 0.610. The summed E-state index contributed by atoms with van der Waals surface area (Å²) in [4.78, 5) is 4.17. The molecule has 0 atom stereocenters. The summed E-state index contributed by atoms with van der Waals surface area (Å²) in [5, 5.41) is 12.1. The third-order valence-corrected chi connectivity index (χ3v) is 3.32. The van der Waals surface area contributed by atoms with E-state index in [-0.39, 0.29) is 0 Å². The van der Waals surface area contributed by atoms with Crippen LogP contribution in [0.1, 0.15) is 5.56 Å². The van der Waals surface area contributed by atoms with Crippen molar-refractivity contribution in [3.63, 3.8) is 0 Å². The van der Waals surface area contributed by atoms with Crippen LogP contribution < -0.4 is 11.1 Å². The Morgan fingerprint density at radius 3 is 2.72 bits per heavy atom. The maximum atomic E-state index is 9.04. The number of nitrogens with zero attached hydrogens (tertiary/aromatic N) is 2. The van der Waals surface area contributed by atoms with Gasteiger partial charge in [0.15, 0.2) is 0 Å². The van der Waals surface area contributed by atoms with Crippen LogP contribution in [-0.4, -0.2) is 4.98 Å². The monoisotopic (exact) mass is 366 g/mol. The minimum atomic E-state index is 0.545. The lowest BCUT2D eigenvalue weighted by atomic mass is 10.2. The Labute approximate surface area is 121 Å². The highest BCUT2D eigenvalue weighted by Crippen LogP contribution is 2.28. The second-order valence-electron chi connectivity index (χ2n) is 3.53. The van der Waals surface area contributed by atoms with Crippen molar-refractivity contribution in [2.24, 2.45) is 0 Å². The van der Waals surface area contributed by atoms with Gasteiger partial charge in [-0.15, -0.1) is 0 Å². The fourth-order valence-corrected chi connectivity index (χ4v) is 2.22. The number of hydrogen-bond donors (Lipinski definition) is 2. The van der Waals surface area contributed by atoms with Gasteiger partial charge in [0.1, 0.15) is 11.9 Å². The second-order valence-corrected chi connectivity index (χ2v) is 5.30. The van der Waals surface area contributed by atoms with Gasteiger partial charge < -0.3 is 11.1 Å². The zero-order valence-corrected chi connectivity index (χ0v) is 12.3. The summed E-state index contributed by atoms with van der Waals surface area (Å²) >= 11 is 6.74. The fraction of sp³-hybridized carbons (Fsp3) is 0. The first kappa shape index (κ1) is 12.9. The minimum Gasteiger partial charge on any atom is -0.397 e. The molecule has 0 spiro atoms. The molecule has 18 heavy (non-hydrogen) atoms. The molecule has 0 aliphatic heterocycles. The molecule has 6 heteroatoms. The Bertz CT molecular complexity index is 634. The molecule has 0 aliphatic rings. The topological polar surface area (TPSA) is 74.7 Å². The molecule has 2 rings (SSSR count). The van der Waals surface area contributed by atoms with Crippen molar-refractivity contribution in [1.29, 1.82) is 5.26 Å². The molecule has 4 nitrogen and oxygen atoms in total. The van der Waals surface area contributed by atoms with Crippen LogP contribution >= 0.6 is 31.9 Å². The zero-order valence-electron chi connectivity index (χ0n) is 9.11. The van der Waals surface area contributed by atoms with Crippen LogP contribution in [0.25, 0.3) is 0 Å². The molecule has 0 amide bonds. The first-order chi connectivity index (χ1) is 8.60. The first-order valence-electron chi connectivity index (χ1n) is 4.98. The highest BCUT2D eigenvalue weighted by molar-refractivity contribution is 9.10. The summed E-state index contributed by atoms with van der Waals surface area (Å²) in [6.45, 7) is 0. The van der Waals surface area contributed by atoms with Gasteiger partial charge in [-0.2, -0.15) is 5.26 Å². The molecule has 0 aliphatic carbocycles. The number of pyridine rings is 1. The lowest BCUT2D eigenvalue weighted by Gasteiger charge is -2.09. The van der Waals surface area contributed by atoms with E-state index in [1.165, 1.54) is 0 Å². The van der Waals surface area contributed by atoms with Crippen molar-refractivity contribution in [2.45, 2.75) is 0 Å². The molecule has 0 saturated carbocycles. The van der Waals surface area contributed by atoms with Crippen LogP contribution in [0.5, 0.6) is 0 Å². The predicted octanol–water partition coefficient (Wildman–Crippen LogP) is 3.80. The molecular weight excluding hydrogens is 360 g/mol. The molecule has 3 N–H and O–H groups in total. The smallest absolute Gasteiger partial charge is 0.144 e. The number of nitrogens with two attached hydrogens (primary N) is 1. The lowest BCUT2D eigenvalue weighted by Crippen LogP contribution is -1.98. The quantitative estimate of drug-likeness (QED) is 0.846. The molecule has 0 bridgehead atoms. The van der Waals surface area contributed by atoms with E-state index in [9.17, 15) is 0 Å². The minimum absolute atomic E-state index is 0.545. The third-order valence-electron chi connectivity index (χ3n) is 2.22. The van der Waals surface area contributed by atoms with Crippen LogP contribution in [0.15, 0.2) is 39.4 Å². The van der Waals surface area contributed by atoms with Crippen LogP contribution in [0.2, 0.25) is 0 Å². The zero-order chi connectivity index (χ0) is 13.1. The number of nitriles is 1. The number of hydrogen-bond acceptors (Lipinski definition) is 4. The summed E-state index contributed by atoms with van der Waals surface area (Å²) in [6, 6.07) is 9.24.